The minimum absolute atomic E-state index is 0.283. The SMILES string of the molecule is CNC(=O)c1ccc2c(Cl)c(-c3nn(C(C)(C)C)c4ncnc(N)c34)[nH]c2n1. The standard InChI is InChI=1S/C18H19ClN8O/c1-18(2,3)27-16-10(14(20)22-7-23-16)12(26-27)13-11(19)8-5-6-9(17(28)21-4)24-15(8)25-13/h5-7H,1-4H3,(H,21,28)(H,24,25)(H2,20,22,23). The van der Waals surface area contributed by atoms with Gasteiger partial charge in [0, 0.05) is 12.4 Å². The van der Waals surface area contributed by atoms with Crippen LogP contribution in [0.3, 0.4) is 0 Å². The van der Waals surface area contributed by atoms with Crippen LogP contribution in [-0.2, 0) is 5.54 Å². The zero-order chi connectivity index (χ0) is 20.2. The lowest BCUT2D eigenvalue weighted by Gasteiger charge is -2.19. The van der Waals surface area contributed by atoms with Crippen molar-refractivity contribution in [3.63, 3.8) is 0 Å². The van der Waals surface area contributed by atoms with E-state index in [1.54, 1.807) is 23.9 Å². The topological polar surface area (TPSA) is 127 Å². The molecule has 0 spiro atoms. The second-order valence-electron chi connectivity index (χ2n) is 7.37. The van der Waals surface area contributed by atoms with Crippen molar-refractivity contribution in [3.05, 3.63) is 29.2 Å². The number of hydrogen-bond donors (Lipinski definition) is 3. The molecule has 4 aromatic heterocycles. The first kappa shape index (κ1) is 18.2. The van der Waals surface area contributed by atoms with E-state index < -0.39 is 0 Å². The van der Waals surface area contributed by atoms with Crippen LogP contribution in [0.4, 0.5) is 5.82 Å². The van der Waals surface area contributed by atoms with Crippen molar-refractivity contribution in [2.45, 2.75) is 26.3 Å². The highest BCUT2D eigenvalue weighted by atomic mass is 35.5. The van der Waals surface area contributed by atoms with E-state index in [1.165, 1.54) is 6.33 Å². The molecule has 4 N–H and O–H groups in total. The number of pyridine rings is 1. The van der Waals surface area contributed by atoms with Crippen LogP contribution in [0.2, 0.25) is 5.02 Å². The van der Waals surface area contributed by atoms with E-state index in [-0.39, 0.29) is 17.1 Å². The number of rotatable bonds is 2. The Hall–Kier alpha value is -3.20. The van der Waals surface area contributed by atoms with Gasteiger partial charge < -0.3 is 16.0 Å². The van der Waals surface area contributed by atoms with Gasteiger partial charge in [0.15, 0.2) is 5.65 Å². The Morgan fingerprint density at radius 1 is 1.29 bits per heavy atom. The predicted molar refractivity (Wildman–Crippen MR) is 108 cm³/mol. The van der Waals surface area contributed by atoms with Gasteiger partial charge in [0.05, 0.1) is 21.6 Å². The summed E-state index contributed by atoms with van der Waals surface area (Å²) in [5.41, 5.74) is 8.28. The largest absolute Gasteiger partial charge is 0.383 e. The summed E-state index contributed by atoms with van der Waals surface area (Å²) in [6.45, 7) is 6.06. The fraction of sp³-hybridized carbons (Fsp3) is 0.278. The van der Waals surface area contributed by atoms with Crippen LogP contribution in [0.25, 0.3) is 33.5 Å². The van der Waals surface area contributed by atoms with Gasteiger partial charge in [-0.05, 0) is 32.9 Å². The highest BCUT2D eigenvalue weighted by molar-refractivity contribution is 6.38. The smallest absolute Gasteiger partial charge is 0.269 e. The molecule has 1 amide bonds. The number of nitrogens with one attached hydrogen (secondary N) is 2. The van der Waals surface area contributed by atoms with E-state index in [1.807, 2.05) is 20.8 Å². The van der Waals surface area contributed by atoms with Crippen LogP contribution >= 0.6 is 11.6 Å². The maximum atomic E-state index is 11.9. The van der Waals surface area contributed by atoms with Gasteiger partial charge in [0.2, 0.25) is 0 Å². The Labute approximate surface area is 165 Å². The molecule has 0 aliphatic heterocycles. The van der Waals surface area contributed by atoms with Crippen LogP contribution < -0.4 is 11.1 Å². The second-order valence-corrected chi connectivity index (χ2v) is 7.75. The van der Waals surface area contributed by atoms with E-state index in [2.05, 4.69) is 25.3 Å². The molecule has 0 bridgehead atoms. The van der Waals surface area contributed by atoms with E-state index in [9.17, 15) is 4.79 Å². The van der Waals surface area contributed by atoms with E-state index in [0.717, 1.165) is 0 Å². The van der Waals surface area contributed by atoms with Gasteiger partial charge in [-0.1, -0.05) is 11.6 Å². The molecule has 0 unspecified atom stereocenters. The molecule has 0 saturated heterocycles. The lowest BCUT2D eigenvalue weighted by molar-refractivity contribution is 0.0958. The van der Waals surface area contributed by atoms with Gasteiger partial charge >= 0.3 is 0 Å². The highest BCUT2D eigenvalue weighted by Crippen LogP contribution is 2.38. The Bertz CT molecular complexity index is 1230. The number of nitrogens with zero attached hydrogens (tertiary/aromatic N) is 5. The first-order chi connectivity index (χ1) is 13.2. The van der Waals surface area contributed by atoms with Crippen molar-refractivity contribution < 1.29 is 4.79 Å². The number of nitrogens with two attached hydrogens (primary N) is 1. The van der Waals surface area contributed by atoms with Gasteiger partial charge in [-0.2, -0.15) is 5.10 Å². The molecule has 0 atom stereocenters. The number of amides is 1. The molecule has 0 aliphatic carbocycles. The molecule has 4 heterocycles. The average molecular weight is 399 g/mol. The van der Waals surface area contributed by atoms with Crippen molar-refractivity contribution in [1.82, 2.24) is 35.0 Å². The zero-order valence-corrected chi connectivity index (χ0v) is 16.6. The van der Waals surface area contributed by atoms with Gasteiger partial charge in [-0.3, -0.25) is 4.79 Å². The minimum Gasteiger partial charge on any atom is -0.383 e. The predicted octanol–water partition coefficient (Wildman–Crippen LogP) is 2.72. The number of H-pyrrole nitrogens is 1. The maximum Gasteiger partial charge on any atom is 0.269 e. The Morgan fingerprint density at radius 3 is 2.71 bits per heavy atom. The third-order valence-electron chi connectivity index (χ3n) is 4.42. The zero-order valence-electron chi connectivity index (χ0n) is 15.8. The second kappa shape index (κ2) is 6.16. The van der Waals surface area contributed by atoms with Gasteiger partial charge in [0.25, 0.3) is 5.91 Å². The molecule has 0 saturated carbocycles. The van der Waals surface area contributed by atoms with Crippen LogP contribution in [0.15, 0.2) is 18.5 Å². The van der Waals surface area contributed by atoms with Crippen molar-refractivity contribution in [3.8, 4) is 11.4 Å². The molecule has 144 valence electrons. The summed E-state index contributed by atoms with van der Waals surface area (Å²) in [6, 6.07) is 3.37. The fourth-order valence-corrected chi connectivity index (χ4v) is 3.36. The van der Waals surface area contributed by atoms with E-state index in [4.69, 9.17) is 22.4 Å². The van der Waals surface area contributed by atoms with Crippen LogP contribution in [-0.4, -0.2) is 42.7 Å². The molecule has 0 radical (unpaired) electrons. The monoisotopic (exact) mass is 398 g/mol. The maximum absolute atomic E-state index is 11.9. The van der Waals surface area contributed by atoms with Crippen LogP contribution in [0, 0.1) is 0 Å². The summed E-state index contributed by atoms with van der Waals surface area (Å²) < 4.78 is 1.79. The van der Waals surface area contributed by atoms with Gasteiger partial charge in [-0.15, -0.1) is 0 Å². The molecule has 4 aromatic rings. The number of carbonyl (C=O) groups excluding carboxylic acids is 1. The fourth-order valence-electron chi connectivity index (χ4n) is 3.07. The average Bonchev–Trinajstić information content (AvgIpc) is 3.20. The number of aromatic nitrogens is 6. The number of anilines is 1. The summed E-state index contributed by atoms with van der Waals surface area (Å²) in [5.74, 6) is 0.0264. The molecular formula is C18H19ClN8O. The first-order valence-electron chi connectivity index (χ1n) is 8.62. The Kier molecular flexibility index (Phi) is 4.00. The van der Waals surface area contributed by atoms with Crippen LogP contribution in [0.5, 0.6) is 0 Å². The molecule has 10 heteroatoms. The number of carbonyl (C=O) groups is 1. The quantitative estimate of drug-likeness (QED) is 0.476. The van der Waals surface area contributed by atoms with Crippen molar-refractivity contribution in [1.29, 1.82) is 0 Å². The molecule has 4 rings (SSSR count). The summed E-state index contributed by atoms with van der Waals surface area (Å²) in [7, 11) is 1.55. The number of aromatic amines is 1. The number of halogens is 1. The summed E-state index contributed by atoms with van der Waals surface area (Å²) in [5, 5.41) is 9.01. The lowest BCUT2D eigenvalue weighted by Crippen LogP contribution is -2.23. The summed E-state index contributed by atoms with van der Waals surface area (Å²) >= 11 is 6.63. The molecule has 0 fully saturated rings. The minimum atomic E-state index is -0.333. The third-order valence-corrected chi connectivity index (χ3v) is 4.81. The van der Waals surface area contributed by atoms with Crippen molar-refractivity contribution in [2.24, 2.45) is 0 Å². The van der Waals surface area contributed by atoms with Crippen molar-refractivity contribution in [2.75, 3.05) is 12.8 Å². The third kappa shape index (κ3) is 2.66. The summed E-state index contributed by atoms with van der Waals surface area (Å²) in [4.78, 5) is 27.9. The molecular weight excluding hydrogens is 380 g/mol. The molecule has 0 aromatic carbocycles. The van der Waals surface area contributed by atoms with E-state index >= 15 is 0 Å². The van der Waals surface area contributed by atoms with E-state index in [0.29, 0.717) is 44.3 Å². The number of fused-ring (bicyclic) bond motifs is 2. The highest BCUT2D eigenvalue weighted by Gasteiger charge is 2.26. The Morgan fingerprint density at radius 2 is 2.04 bits per heavy atom. The van der Waals surface area contributed by atoms with Gasteiger partial charge in [-0.25, -0.2) is 19.6 Å². The molecule has 9 nitrogen and oxygen atoms in total. The molecule has 0 aliphatic rings. The number of nitrogen functional groups attached to an aromatic ring is 1. The normalized spacial score (nSPS) is 12.0. The van der Waals surface area contributed by atoms with Crippen LogP contribution in [0.1, 0.15) is 31.3 Å². The molecule has 28 heavy (non-hydrogen) atoms. The Balaban J connectivity index is 2.02. The summed E-state index contributed by atoms with van der Waals surface area (Å²) in [6.07, 6.45) is 1.41. The van der Waals surface area contributed by atoms with Crippen molar-refractivity contribution >= 4 is 45.4 Å². The lowest BCUT2D eigenvalue weighted by atomic mass is 10.1. The van der Waals surface area contributed by atoms with Gasteiger partial charge in [0.1, 0.15) is 29.2 Å². The first-order valence-corrected chi connectivity index (χ1v) is 9.00. The number of hydrogen-bond acceptors (Lipinski definition) is 6.